The fourth-order valence-electron chi connectivity index (χ4n) is 2.26. The van der Waals surface area contributed by atoms with Crippen molar-refractivity contribution < 1.29 is 18.7 Å². The predicted octanol–water partition coefficient (Wildman–Crippen LogP) is 3.54. The van der Waals surface area contributed by atoms with Crippen LogP contribution in [0.15, 0.2) is 28.7 Å². The van der Waals surface area contributed by atoms with Crippen LogP contribution >= 0.6 is 11.6 Å². The minimum atomic E-state index is -0.756. The van der Waals surface area contributed by atoms with Gasteiger partial charge in [-0.2, -0.15) is 0 Å². The number of hydrogen-bond donors (Lipinski definition) is 2. The molecule has 0 saturated carbocycles. The molecule has 0 bridgehead atoms. The van der Waals surface area contributed by atoms with E-state index in [4.69, 9.17) is 16.0 Å². The van der Waals surface area contributed by atoms with Crippen molar-refractivity contribution in [3.05, 3.63) is 57.8 Å². The summed E-state index contributed by atoms with van der Waals surface area (Å²) >= 11 is 5.82. The van der Waals surface area contributed by atoms with Crippen LogP contribution in [-0.4, -0.2) is 17.6 Å². The van der Waals surface area contributed by atoms with E-state index in [1.807, 2.05) is 0 Å². The minimum absolute atomic E-state index is 0.0550. The maximum Gasteiger partial charge on any atom is 0.255 e. The topological polar surface area (TPSA) is 62.5 Å². The van der Waals surface area contributed by atoms with Gasteiger partial charge in [0.15, 0.2) is 0 Å². The van der Waals surface area contributed by atoms with Crippen molar-refractivity contribution in [1.82, 2.24) is 5.32 Å². The lowest BCUT2D eigenvalue weighted by Gasteiger charge is -2.11. The number of aryl methyl sites for hydroxylation is 2. The number of benzene rings is 1. The lowest BCUT2D eigenvalue weighted by molar-refractivity contribution is 0.0938. The molecule has 2 aromatic rings. The molecule has 1 unspecified atom stereocenters. The maximum atomic E-state index is 13.6. The lowest BCUT2D eigenvalue weighted by atomic mass is 10.1. The SMILES string of the molecule is Cc1cc(C(O)CCNC(=O)c2c(F)cccc2Cl)c(C)o1. The molecule has 6 heteroatoms. The second-order valence-corrected chi connectivity index (χ2v) is 5.43. The van der Waals surface area contributed by atoms with Gasteiger partial charge in [-0.05, 0) is 38.5 Å². The molecule has 0 aliphatic carbocycles. The number of hydrogen-bond acceptors (Lipinski definition) is 3. The number of halogens is 2. The van der Waals surface area contributed by atoms with Crippen molar-refractivity contribution in [3.8, 4) is 0 Å². The molecular formula is C16H17ClFNO3. The van der Waals surface area contributed by atoms with Gasteiger partial charge in [-0.15, -0.1) is 0 Å². The molecule has 0 fully saturated rings. The van der Waals surface area contributed by atoms with Gasteiger partial charge in [0.2, 0.25) is 0 Å². The number of carbonyl (C=O) groups is 1. The summed E-state index contributed by atoms with van der Waals surface area (Å²) in [5.74, 6) is 0.0875. The summed E-state index contributed by atoms with van der Waals surface area (Å²) in [6, 6.07) is 5.82. The summed E-state index contributed by atoms with van der Waals surface area (Å²) in [6.07, 6.45) is -0.466. The van der Waals surface area contributed by atoms with Gasteiger partial charge in [0, 0.05) is 12.1 Å². The molecule has 1 aromatic heterocycles. The van der Waals surface area contributed by atoms with Crippen molar-refractivity contribution in [2.24, 2.45) is 0 Å². The molecule has 0 spiro atoms. The zero-order valence-electron chi connectivity index (χ0n) is 12.3. The second kappa shape index (κ2) is 6.94. The van der Waals surface area contributed by atoms with E-state index in [1.165, 1.54) is 18.2 Å². The quantitative estimate of drug-likeness (QED) is 0.883. The van der Waals surface area contributed by atoms with Crippen LogP contribution in [0, 0.1) is 19.7 Å². The van der Waals surface area contributed by atoms with Gasteiger partial charge in [-0.25, -0.2) is 4.39 Å². The van der Waals surface area contributed by atoms with E-state index in [9.17, 15) is 14.3 Å². The zero-order chi connectivity index (χ0) is 16.3. The van der Waals surface area contributed by atoms with Crippen molar-refractivity contribution >= 4 is 17.5 Å². The van der Waals surface area contributed by atoms with Gasteiger partial charge < -0.3 is 14.8 Å². The van der Waals surface area contributed by atoms with Crippen molar-refractivity contribution in [2.45, 2.75) is 26.4 Å². The molecule has 0 aliphatic heterocycles. The predicted molar refractivity (Wildman–Crippen MR) is 81.5 cm³/mol. The van der Waals surface area contributed by atoms with Crippen LogP contribution in [0.5, 0.6) is 0 Å². The van der Waals surface area contributed by atoms with Gasteiger partial charge in [-0.3, -0.25) is 4.79 Å². The molecule has 0 saturated heterocycles. The van der Waals surface area contributed by atoms with Gasteiger partial charge in [0.1, 0.15) is 17.3 Å². The molecule has 4 nitrogen and oxygen atoms in total. The highest BCUT2D eigenvalue weighted by atomic mass is 35.5. The Morgan fingerprint density at radius 3 is 2.77 bits per heavy atom. The molecular weight excluding hydrogens is 309 g/mol. The maximum absolute atomic E-state index is 13.6. The molecule has 22 heavy (non-hydrogen) atoms. The van der Waals surface area contributed by atoms with Crippen LogP contribution in [0.2, 0.25) is 5.02 Å². The van der Waals surface area contributed by atoms with Gasteiger partial charge in [-0.1, -0.05) is 17.7 Å². The number of aliphatic hydroxyl groups excluding tert-OH is 1. The third-order valence-electron chi connectivity index (χ3n) is 3.33. The van der Waals surface area contributed by atoms with E-state index >= 15 is 0 Å². The first-order valence-electron chi connectivity index (χ1n) is 6.87. The van der Waals surface area contributed by atoms with Crippen LogP contribution < -0.4 is 5.32 Å². The van der Waals surface area contributed by atoms with Crippen LogP contribution in [0.1, 0.15) is 40.0 Å². The standard InChI is InChI=1S/C16H17ClFNO3/c1-9-8-11(10(2)22-9)14(20)6-7-19-16(21)15-12(17)4-3-5-13(15)18/h3-5,8,14,20H,6-7H2,1-2H3,(H,19,21). The molecule has 0 aliphatic rings. The highest BCUT2D eigenvalue weighted by Gasteiger charge is 2.17. The van der Waals surface area contributed by atoms with Gasteiger partial charge >= 0.3 is 0 Å². The molecule has 2 rings (SSSR count). The van der Waals surface area contributed by atoms with Crippen molar-refractivity contribution in [3.63, 3.8) is 0 Å². The summed E-state index contributed by atoms with van der Waals surface area (Å²) in [5, 5.41) is 12.7. The normalized spacial score (nSPS) is 12.2. The summed E-state index contributed by atoms with van der Waals surface area (Å²) < 4.78 is 18.9. The highest BCUT2D eigenvalue weighted by molar-refractivity contribution is 6.33. The summed E-state index contributed by atoms with van der Waals surface area (Å²) in [7, 11) is 0. The van der Waals surface area contributed by atoms with Gasteiger partial charge in [0.05, 0.1) is 16.7 Å². The summed E-state index contributed by atoms with van der Waals surface area (Å²) in [6.45, 7) is 3.75. The third kappa shape index (κ3) is 3.67. The second-order valence-electron chi connectivity index (χ2n) is 5.03. The fourth-order valence-corrected chi connectivity index (χ4v) is 2.51. The highest BCUT2D eigenvalue weighted by Crippen LogP contribution is 2.24. The number of rotatable bonds is 5. The van der Waals surface area contributed by atoms with Crippen LogP contribution in [0.25, 0.3) is 0 Å². The number of carbonyl (C=O) groups excluding carboxylic acids is 1. The third-order valence-corrected chi connectivity index (χ3v) is 3.65. The first-order chi connectivity index (χ1) is 10.4. The summed E-state index contributed by atoms with van der Waals surface area (Å²) in [5.41, 5.74) is 0.504. The number of furan rings is 1. The van der Waals surface area contributed by atoms with E-state index < -0.39 is 17.8 Å². The Hall–Kier alpha value is -1.85. The Balaban J connectivity index is 1.93. The molecule has 0 radical (unpaired) electrons. The average molecular weight is 326 g/mol. The number of aliphatic hydroxyl groups is 1. The van der Waals surface area contributed by atoms with Crippen LogP contribution in [0.3, 0.4) is 0 Å². The van der Waals surface area contributed by atoms with E-state index in [0.717, 1.165) is 0 Å². The minimum Gasteiger partial charge on any atom is -0.466 e. The number of amides is 1. The van der Waals surface area contributed by atoms with E-state index in [2.05, 4.69) is 5.32 Å². The average Bonchev–Trinajstić information content (AvgIpc) is 2.77. The lowest BCUT2D eigenvalue weighted by Crippen LogP contribution is -2.26. The number of nitrogens with one attached hydrogen (secondary N) is 1. The van der Waals surface area contributed by atoms with Crippen LogP contribution in [-0.2, 0) is 0 Å². The van der Waals surface area contributed by atoms with E-state index in [-0.39, 0.29) is 23.6 Å². The van der Waals surface area contributed by atoms with Crippen molar-refractivity contribution in [1.29, 1.82) is 0 Å². The molecule has 118 valence electrons. The smallest absolute Gasteiger partial charge is 0.255 e. The monoisotopic (exact) mass is 325 g/mol. The molecule has 1 heterocycles. The Morgan fingerprint density at radius 1 is 1.45 bits per heavy atom. The van der Waals surface area contributed by atoms with E-state index in [1.54, 1.807) is 19.9 Å². The summed E-state index contributed by atoms with van der Waals surface area (Å²) in [4.78, 5) is 11.9. The molecule has 1 aromatic carbocycles. The Bertz CT molecular complexity index is 664. The van der Waals surface area contributed by atoms with Crippen molar-refractivity contribution in [2.75, 3.05) is 6.54 Å². The Morgan fingerprint density at radius 2 is 2.18 bits per heavy atom. The van der Waals surface area contributed by atoms with Gasteiger partial charge in [0.25, 0.3) is 5.91 Å². The molecule has 1 amide bonds. The zero-order valence-corrected chi connectivity index (χ0v) is 13.1. The molecule has 1 atom stereocenters. The van der Waals surface area contributed by atoms with Crippen LogP contribution in [0.4, 0.5) is 4.39 Å². The molecule has 2 N–H and O–H groups in total. The Kier molecular flexibility index (Phi) is 5.21. The Labute approximate surface area is 132 Å². The fraction of sp³-hybridized carbons (Fsp3) is 0.312. The first kappa shape index (κ1) is 16.5. The first-order valence-corrected chi connectivity index (χ1v) is 7.25. The van der Waals surface area contributed by atoms with E-state index in [0.29, 0.717) is 17.1 Å². The largest absolute Gasteiger partial charge is 0.466 e.